The van der Waals surface area contributed by atoms with E-state index in [1.807, 2.05) is 34.2 Å². The molecule has 1 N–H and O–H groups in total. The van der Waals surface area contributed by atoms with Crippen LogP contribution in [0.3, 0.4) is 0 Å². The molecule has 1 aliphatic heterocycles. The van der Waals surface area contributed by atoms with Gasteiger partial charge in [-0.2, -0.15) is 10.2 Å². The lowest BCUT2D eigenvalue weighted by molar-refractivity contribution is -0.132. The molecule has 7 heteroatoms. The fourth-order valence-corrected chi connectivity index (χ4v) is 3.59. The maximum Gasteiger partial charge on any atom is 0.225 e. The molecule has 1 aliphatic carbocycles. The van der Waals surface area contributed by atoms with E-state index in [9.17, 15) is 4.79 Å². The first-order chi connectivity index (χ1) is 12.3. The standard InChI is InChI=1S/C18H20N6O/c25-18(13-1-2-13)23-7-5-22(6-8-23)16-3-4-21-24-12-14(9-17(16)24)15-10-19-20-11-15/h3-4,9-13H,1-2,5-8H2,(H,19,20). The first kappa shape index (κ1) is 14.5. The number of hydrogen-bond acceptors (Lipinski definition) is 4. The topological polar surface area (TPSA) is 69.5 Å². The van der Waals surface area contributed by atoms with Crippen molar-refractivity contribution in [1.29, 1.82) is 0 Å². The van der Waals surface area contributed by atoms with Gasteiger partial charge in [-0.25, -0.2) is 4.52 Å². The Kier molecular flexibility index (Phi) is 3.26. The van der Waals surface area contributed by atoms with Crippen LogP contribution >= 0.6 is 0 Å². The number of amides is 1. The van der Waals surface area contributed by atoms with Crippen molar-refractivity contribution in [2.24, 2.45) is 5.92 Å². The van der Waals surface area contributed by atoms with Gasteiger partial charge in [-0.1, -0.05) is 0 Å². The van der Waals surface area contributed by atoms with Crippen molar-refractivity contribution >= 4 is 17.1 Å². The monoisotopic (exact) mass is 336 g/mol. The van der Waals surface area contributed by atoms with Gasteiger partial charge < -0.3 is 9.80 Å². The third-order valence-electron chi connectivity index (χ3n) is 5.18. The molecule has 0 aromatic carbocycles. The van der Waals surface area contributed by atoms with E-state index < -0.39 is 0 Å². The smallest absolute Gasteiger partial charge is 0.225 e. The van der Waals surface area contributed by atoms with Crippen LogP contribution in [0.1, 0.15) is 12.8 Å². The molecule has 0 atom stereocenters. The predicted molar refractivity (Wildman–Crippen MR) is 94.3 cm³/mol. The van der Waals surface area contributed by atoms with Crippen LogP contribution < -0.4 is 4.90 Å². The van der Waals surface area contributed by atoms with Gasteiger partial charge in [-0.15, -0.1) is 0 Å². The number of hydrogen-bond donors (Lipinski definition) is 1. The Morgan fingerprint density at radius 3 is 2.72 bits per heavy atom. The molecule has 5 rings (SSSR count). The number of piperazine rings is 1. The number of carbonyl (C=O) groups excluding carboxylic acids is 1. The summed E-state index contributed by atoms with van der Waals surface area (Å²) >= 11 is 0. The summed E-state index contributed by atoms with van der Waals surface area (Å²) in [6.45, 7) is 3.34. The molecular weight excluding hydrogens is 316 g/mol. The zero-order chi connectivity index (χ0) is 16.8. The number of nitrogens with one attached hydrogen (secondary N) is 1. The zero-order valence-corrected chi connectivity index (χ0v) is 13.9. The first-order valence-corrected chi connectivity index (χ1v) is 8.80. The second-order valence-corrected chi connectivity index (χ2v) is 6.85. The molecule has 128 valence electrons. The summed E-state index contributed by atoms with van der Waals surface area (Å²) in [5.74, 6) is 0.659. The highest BCUT2D eigenvalue weighted by atomic mass is 16.2. The highest BCUT2D eigenvalue weighted by Crippen LogP contribution is 2.32. The maximum atomic E-state index is 12.2. The van der Waals surface area contributed by atoms with E-state index in [4.69, 9.17) is 0 Å². The van der Waals surface area contributed by atoms with Crippen molar-refractivity contribution < 1.29 is 4.79 Å². The predicted octanol–water partition coefficient (Wildman–Crippen LogP) is 1.78. The molecule has 0 unspecified atom stereocenters. The SMILES string of the molecule is O=C(C1CC1)N1CCN(c2ccnn3cc(-c4cn[nH]c4)cc23)CC1. The van der Waals surface area contributed by atoms with E-state index in [-0.39, 0.29) is 0 Å². The van der Waals surface area contributed by atoms with E-state index >= 15 is 0 Å². The molecule has 0 spiro atoms. The van der Waals surface area contributed by atoms with Crippen LogP contribution in [0, 0.1) is 5.92 Å². The molecule has 1 saturated heterocycles. The molecule has 0 radical (unpaired) electrons. The summed E-state index contributed by atoms with van der Waals surface area (Å²) in [5, 5.41) is 11.3. The normalized spacial score (nSPS) is 18.1. The molecule has 25 heavy (non-hydrogen) atoms. The van der Waals surface area contributed by atoms with Crippen molar-refractivity contribution in [2.75, 3.05) is 31.1 Å². The molecule has 7 nitrogen and oxygen atoms in total. The number of aromatic amines is 1. The van der Waals surface area contributed by atoms with Gasteiger partial charge >= 0.3 is 0 Å². The summed E-state index contributed by atoms with van der Waals surface area (Å²) in [7, 11) is 0. The van der Waals surface area contributed by atoms with Gasteiger partial charge in [0, 0.05) is 61.8 Å². The quantitative estimate of drug-likeness (QED) is 0.792. The van der Waals surface area contributed by atoms with Gasteiger partial charge in [0.05, 0.1) is 17.4 Å². The molecule has 0 bridgehead atoms. The average Bonchev–Trinajstić information content (AvgIpc) is 3.18. The van der Waals surface area contributed by atoms with Crippen LogP contribution in [-0.4, -0.2) is 56.8 Å². The lowest BCUT2D eigenvalue weighted by Crippen LogP contribution is -2.49. The lowest BCUT2D eigenvalue weighted by atomic mass is 10.2. The zero-order valence-electron chi connectivity index (χ0n) is 13.9. The Balaban J connectivity index is 1.40. The molecule has 3 aromatic heterocycles. The Bertz CT molecular complexity index is 903. The van der Waals surface area contributed by atoms with E-state index in [1.54, 1.807) is 0 Å². The highest BCUT2D eigenvalue weighted by molar-refractivity contribution is 5.82. The van der Waals surface area contributed by atoms with Gasteiger partial charge in [0.1, 0.15) is 0 Å². The van der Waals surface area contributed by atoms with E-state index in [0.29, 0.717) is 11.8 Å². The van der Waals surface area contributed by atoms with Gasteiger partial charge in [-0.05, 0) is 25.0 Å². The Morgan fingerprint density at radius 2 is 2.00 bits per heavy atom. The van der Waals surface area contributed by atoms with Crippen molar-refractivity contribution in [3.63, 3.8) is 0 Å². The number of aromatic nitrogens is 4. The van der Waals surface area contributed by atoms with Crippen LogP contribution in [0.4, 0.5) is 5.69 Å². The Labute approximate surface area is 145 Å². The van der Waals surface area contributed by atoms with Crippen LogP contribution in [0.25, 0.3) is 16.6 Å². The number of H-pyrrole nitrogens is 1. The molecule has 3 aromatic rings. The van der Waals surface area contributed by atoms with Gasteiger partial charge in [-0.3, -0.25) is 9.89 Å². The largest absolute Gasteiger partial charge is 0.366 e. The second-order valence-electron chi connectivity index (χ2n) is 6.85. The van der Waals surface area contributed by atoms with E-state index in [2.05, 4.69) is 32.3 Å². The van der Waals surface area contributed by atoms with Crippen LogP contribution in [0.5, 0.6) is 0 Å². The van der Waals surface area contributed by atoms with Crippen LogP contribution in [0.2, 0.25) is 0 Å². The number of fused-ring (bicyclic) bond motifs is 1. The molecule has 2 fully saturated rings. The van der Waals surface area contributed by atoms with Crippen molar-refractivity contribution in [3.8, 4) is 11.1 Å². The minimum absolute atomic E-state index is 0.308. The average molecular weight is 336 g/mol. The molecule has 1 amide bonds. The van der Waals surface area contributed by atoms with Crippen LogP contribution in [-0.2, 0) is 4.79 Å². The van der Waals surface area contributed by atoms with Gasteiger partial charge in [0.15, 0.2) is 0 Å². The molecule has 2 aliphatic rings. The summed E-state index contributed by atoms with van der Waals surface area (Å²) in [6.07, 6.45) is 9.71. The fourth-order valence-electron chi connectivity index (χ4n) is 3.59. The van der Waals surface area contributed by atoms with Crippen molar-refractivity contribution in [2.45, 2.75) is 12.8 Å². The Morgan fingerprint density at radius 1 is 1.16 bits per heavy atom. The number of rotatable bonds is 3. The Hall–Kier alpha value is -2.83. The summed E-state index contributed by atoms with van der Waals surface area (Å²) in [5.41, 5.74) is 4.40. The van der Waals surface area contributed by atoms with Crippen LogP contribution in [0.15, 0.2) is 36.9 Å². The molecule has 1 saturated carbocycles. The summed E-state index contributed by atoms with van der Waals surface area (Å²) in [6, 6.07) is 4.21. The first-order valence-electron chi connectivity index (χ1n) is 8.80. The van der Waals surface area contributed by atoms with Gasteiger partial charge in [0.2, 0.25) is 5.91 Å². The number of carbonyl (C=O) groups is 1. The molecular formula is C18H20N6O. The second kappa shape index (κ2) is 5.61. The van der Waals surface area contributed by atoms with Crippen molar-refractivity contribution in [3.05, 3.63) is 36.9 Å². The maximum absolute atomic E-state index is 12.2. The van der Waals surface area contributed by atoms with E-state index in [0.717, 1.165) is 55.7 Å². The van der Waals surface area contributed by atoms with Crippen molar-refractivity contribution in [1.82, 2.24) is 24.7 Å². The highest BCUT2D eigenvalue weighted by Gasteiger charge is 2.34. The minimum Gasteiger partial charge on any atom is -0.366 e. The summed E-state index contributed by atoms with van der Waals surface area (Å²) < 4.78 is 1.92. The van der Waals surface area contributed by atoms with Gasteiger partial charge in [0.25, 0.3) is 0 Å². The minimum atomic E-state index is 0.308. The third kappa shape index (κ3) is 2.56. The number of anilines is 1. The summed E-state index contributed by atoms with van der Waals surface area (Å²) in [4.78, 5) is 16.6. The van der Waals surface area contributed by atoms with E-state index in [1.165, 1.54) is 5.69 Å². The lowest BCUT2D eigenvalue weighted by Gasteiger charge is -2.36. The third-order valence-corrected chi connectivity index (χ3v) is 5.18. The fraction of sp³-hybridized carbons (Fsp3) is 0.389. The molecule has 4 heterocycles. The number of nitrogens with zero attached hydrogens (tertiary/aromatic N) is 5.